The standard InChI is InChI=1S/C84H144O5/c1-3-5-7-9-11-13-15-17-19-21-23-25-27-29-31-33-35-37-39-40-41-42-43-44-45-47-49-51-53-55-57-59-61-63-65-67-69-71-73-75-77-79-84(87)89-82(80-85)81-88-83(86)78-76-74-72-70-68-66-64-62-60-58-56-54-52-50-48-46-38-36-34-32-30-28-26-24-22-20-18-16-14-12-10-8-6-4-2/h5,7,11,13,17,19,23,25,29,31,35,37,40-41,43-44,47,49,53,55,59,61,82,85H,3-4,6,8-10,12,14-16,18,20-22,24,26-28,30,32-34,36,38-39,42,45-46,48,50-52,54,56-58,60,62-81H2,1-2H3/b7-5-,13-11-,19-17-,25-23-,31-29-,37-35-,41-40-,44-43-,49-47-,55-53-,61-59-. The summed E-state index contributed by atoms with van der Waals surface area (Å²) in [7, 11) is 0. The van der Waals surface area contributed by atoms with Crippen LogP contribution in [0.3, 0.4) is 0 Å². The van der Waals surface area contributed by atoms with Gasteiger partial charge < -0.3 is 14.6 Å². The molecule has 0 aliphatic rings. The van der Waals surface area contributed by atoms with E-state index in [2.05, 4.69) is 148 Å². The molecule has 0 aromatic heterocycles. The minimum atomic E-state index is -0.787. The van der Waals surface area contributed by atoms with Gasteiger partial charge in [0.2, 0.25) is 0 Å². The van der Waals surface area contributed by atoms with E-state index in [9.17, 15) is 14.7 Å². The van der Waals surface area contributed by atoms with Crippen molar-refractivity contribution in [1.82, 2.24) is 0 Å². The molecule has 0 amide bonds. The predicted octanol–water partition coefficient (Wildman–Crippen LogP) is 27.0. The Morgan fingerprint density at radius 2 is 0.483 bits per heavy atom. The summed E-state index contributed by atoms with van der Waals surface area (Å²) in [5.41, 5.74) is 0. The minimum Gasteiger partial charge on any atom is -0.462 e. The zero-order valence-electron chi connectivity index (χ0n) is 58.7. The molecule has 510 valence electrons. The summed E-state index contributed by atoms with van der Waals surface area (Å²) in [6, 6.07) is 0. The van der Waals surface area contributed by atoms with Gasteiger partial charge in [-0.15, -0.1) is 0 Å². The van der Waals surface area contributed by atoms with Gasteiger partial charge in [0, 0.05) is 12.8 Å². The Morgan fingerprint density at radius 1 is 0.270 bits per heavy atom. The maximum absolute atomic E-state index is 12.4. The molecule has 0 aromatic rings. The highest BCUT2D eigenvalue weighted by atomic mass is 16.6. The van der Waals surface area contributed by atoms with Crippen LogP contribution in [-0.2, 0) is 19.1 Å². The maximum atomic E-state index is 12.4. The first-order chi connectivity index (χ1) is 44.1. The highest BCUT2D eigenvalue weighted by Crippen LogP contribution is 2.19. The number of esters is 2. The summed E-state index contributed by atoms with van der Waals surface area (Å²) in [6.45, 7) is 4.06. The van der Waals surface area contributed by atoms with Crippen molar-refractivity contribution in [2.75, 3.05) is 13.2 Å². The van der Waals surface area contributed by atoms with Crippen LogP contribution in [0.15, 0.2) is 134 Å². The molecule has 1 atom stereocenters. The summed E-state index contributed by atoms with van der Waals surface area (Å²) in [4.78, 5) is 24.7. The third kappa shape index (κ3) is 76.4. The van der Waals surface area contributed by atoms with E-state index in [-0.39, 0.29) is 25.2 Å². The molecule has 1 unspecified atom stereocenters. The summed E-state index contributed by atoms with van der Waals surface area (Å²) >= 11 is 0. The summed E-state index contributed by atoms with van der Waals surface area (Å²) < 4.78 is 10.8. The summed E-state index contributed by atoms with van der Waals surface area (Å²) in [5.74, 6) is -0.595. The van der Waals surface area contributed by atoms with E-state index >= 15 is 0 Å². The van der Waals surface area contributed by atoms with Crippen molar-refractivity contribution in [3.05, 3.63) is 134 Å². The molecule has 0 saturated heterocycles. The second-order valence-electron chi connectivity index (χ2n) is 25.4. The van der Waals surface area contributed by atoms with Gasteiger partial charge in [0.05, 0.1) is 6.61 Å². The molecule has 0 bridgehead atoms. The van der Waals surface area contributed by atoms with Crippen molar-refractivity contribution in [3.8, 4) is 0 Å². The Balaban J connectivity index is 3.52. The second-order valence-corrected chi connectivity index (χ2v) is 25.4. The maximum Gasteiger partial charge on any atom is 0.306 e. The van der Waals surface area contributed by atoms with Crippen LogP contribution in [0, 0.1) is 0 Å². The van der Waals surface area contributed by atoms with Crippen LogP contribution < -0.4 is 0 Å². The quantitative estimate of drug-likeness (QED) is 0.0373. The fraction of sp³-hybridized carbons (Fsp3) is 0.714. The van der Waals surface area contributed by atoms with Gasteiger partial charge in [-0.3, -0.25) is 9.59 Å². The molecular formula is C84H144O5. The van der Waals surface area contributed by atoms with Gasteiger partial charge >= 0.3 is 11.9 Å². The van der Waals surface area contributed by atoms with Crippen molar-refractivity contribution < 1.29 is 24.2 Å². The topological polar surface area (TPSA) is 72.8 Å². The number of carbonyl (C=O) groups excluding carboxylic acids is 2. The highest BCUT2D eigenvalue weighted by molar-refractivity contribution is 5.70. The van der Waals surface area contributed by atoms with Crippen LogP contribution in [0.25, 0.3) is 0 Å². The predicted molar refractivity (Wildman–Crippen MR) is 394 cm³/mol. The van der Waals surface area contributed by atoms with Gasteiger partial charge in [-0.05, 0) is 96.3 Å². The molecular weight excluding hydrogens is 1090 g/mol. The lowest BCUT2D eigenvalue weighted by Crippen LogP contribution is -2.28. The molecule has 1 N–H and O–H groups in total. The zero-order chi connectivity index (χ0) is 64.0. The van der Waals surface area contributed by atoms with Crippen LogP contribution in [0.4, 0.5) is 0 Å². The van der Waals surface area contributed by atoms with Gasteiger partial charge in [0.1, 0.15) is 6.61 Å². The lowest BCUT2D eigenvalue weighted by atomic mass is 10.0. The first-order valence-electron chi connectivity index (χ1n) is 38.2. The van der Waals surface area contributed by atoms with Crippen molar-refractivity contribution >= 4 is 11.9 Å². The van der Waals surface area contributed by atoms with E-state index < -0.39 is 6.10 Å². The van der Waals surface area contributed by atoms with Gasteiger partial charge in [-0.1, -0.05) is 392 Å². The number of hydrogen-bond acceptors (Lipinski definition) is 5. The second kappa shape index (κ2) is 78.3. The fourth-order valence-electron chi connectivity index (χ4n) is 11.0. The molecule has 0 aliphatic carbocycles. The van der Waals surface area contributed by atoms with Gasteiger partial charge in [0.15, 0.2) is 6.10 Å². The number of unbranched alkanes of at least 4 members (excludes halogenated alkanes) is 40. The SMILES string of the molecule is CC/C=C\C/C=C\C/C=C\C/C=C\C/C=C\C/C=C\C/C=C\C/C=C\C/C=C\C/C=C\C/C=C\CCCCCCCCCC(=O)OC(CO)COC(=O)CCCCCCCCCCCCCCCCCCCCCCCCCCCCCCCCCCCC. The van der Waals surface area contributed by atoms with Crippen LogP contribution >= 0.6 is 0 Å². The number of allylic oxidation sites excluding steroid dienone is 22. The van der Waals surface area contributed by atoms with Crippen molar-refractivity contribution in [2.24, 2.45) is 0 Å². The molecule has 89 heavy (non-hydrogen) atoms. The van der Waals surface area contributed by atoms with E-state index in [0.29, 0.717) is 12.8 Å². The lowest BCUT2D eigenvalue weighted by molar-refractivity contribution is -0.161. The molecule has 0 heterocycles. The Hall–Kier alpha value is -3.96. The van der Waals surface area contributed by atoms with Crippen molar-refractivity contribution in [1.29, 1.82) is 0 Å². The van der Waals surface area contributed by atoms with Gasteiger partial charge in [-0.2, -0.15) is 0 Å². The molecule has 0 saturated carbocycles. The number of carbonyl (C=O) groups is 2. The average Bonchev–Trinajstić information content (AvgIpc) is 3.55. The smallest absolute Gasteiger partial charge is 0.306 e. The van der Waals surface area contributed by atoms with E-state index in [1.54, 1.807) is 0 Å². The third-order valence-corrected chi connectivity index (χ3v) is 16.7. The van der Waals surface area contributed by atoms with Gasteiger partial charge in [-0.25, -0.2) is 0 Å². The normalized spacial score (nSPS) is 13.0. The van der Waals surface area contributed by atoms with Gasteiger partial charge in [0.25, 0.3) is 0 Å². The Kier molecular flexibility index (Phi) is 74.8. The molecule has 0 aliphatic heterocycles. The van der Waals surface area contributed by atoms with Crippen LogP contribution in [0.5, 0.6) is 0 Å². The molecule has 0 rings (SSSR count). The van der Waals surface area contributed by atoms with Crippen molar-refractivity contribution in [2.45, 2.75) is 373 Å². The summed E-state index contributed by atoms with van der Waals surface area (Å²) in [5, 5.41) is 9.72. The third-order valence-electron chi connectivity index (χ3n) is 16.7. The molecule has 5 heteroatoms. The Labute approximate surface area is 553 Å². The monoisotopic (exact) mass is 1230 g/mol. The number of rotatable bonds is 70. The van der Waals surface area contributed by atoms with E-state index in [1.165, 1.54) is 225 Å². The molecule has 0 radical (unpaired) electrons. The summed E-state index contributed by atoms with van der Waals surface area (Å²) in [6.07, 6.45) is 117. The molecule has 5 nitrogen and oxygen atoms in total. The van der Waals surface area contributed by atoms with E-state index in [4.69, 9.17) is 9.47 Å². The first-order valence-corrected chi connectivity index (χ1v) is 38.2. The van der Waals surface area contributed by atoms with Crippen LogP contribution in [0.1, 0.15) is 367 Å². The van der Waals surface area contributed by atoms with Crippen molar-refractivity contribution in [3.63, 3.8) is 0 Å². The largest absolute Gasteiger partial charge is 0.462 e. The van der Waals surface area contributed by atoms with Crippen LogP contribution in [-0.4, -0.2) is 36.4 Å². The number of ether oxygens (including phenoxy) is 2. The fourth-order valence-corrected chi connectivity index (χ4v) is 11.0. The molecule has 0 aromatic carbocycles. The Bertz CT molecular complexity index is 1780. The zero-order valence-corrected chi connectivity index (χ0v) is 58.7. The first kappa shape index (κ1) is 85.0. The minimum absolute atomic E-state index is 0.0734. The number of aliphatic hydroxyl groups excluding tert-OH is 1. The molecule has 0 fully saturated rings. The van der Waals surface area contributed by atoms with E-state index in [0.717, 1.165) is 116 Å². The Morgan fingerprint density at radius 3 is 0.730 bits per heavy atom. The average molecular weight is 1230 g/mol. The molecule has 0 spiro atoms. The highest BCUT2D eigenvalue weighted by Gasteiger charge is 2.16. The lowest BCUT2D eigenvalue weighted by Gasteiger charge is -2.15. The number of hydrogen-bond donors (Lipinski definition) is 1. The number of aliphatic hydroxyl groups is 1. The van der Waals surface area contributed by atoms with Crippen LogP contribution in [0.2, 0.25) is 0 Å². The van der Waals surface area contributed by atoms with E-state index in [1.807, 2.05) is 0 Å².